The quantitative estimate of drug-likeness (QED) is 0.898. The van der Waals surface area contributed by atoms with Gasteiger partial charge in [0.1, 0.15) is 0 Å². The molecule has 1 aromatic heterocycles. The molecule has 0 unspecified atom stereocenters. The molecule has 0 amide bonds. The summed E-state index contributed by atoms with van der Waals surface area (Å²) in [5.74, 6) is -0.0813. The van der Waals surface area contributed by atoms with E-state index >= 15 is 0 Å². The molecule has 1 heterocycles. The molecule has 2 rings (SSSR count). The molecule has 0 spiro atoms. The van der Waals surface area contributed by atoms with Crippen molar-refractivity contribution in [3.05, 3.63) is 44.9 Å². The third kappa shape index (κ3) is 3.93. The van der Waals surface area contributed by atoms with Crippen LogP contribution in [0.25, 0.3) is 0 Å². The highest BCUT2D eigenvalue weighted by Gasteiger charge is 2.19. The highest BCUT2D eigenvalue weighted by molar-refractivity contribution is 7.93. The van der Waals surface area contributed by atoms with Gasteiger partial charge in [-0.3, -0.25) is 0 Å². The summed E-state index contributed by atoms with van der Waals surface area (Å²) < 4.78 is 24.2. The molecule has 20 heavy (non-hydrogen) atoms. The molecule has 1 aromatic carbocycles. The van der Waals surface area contributed by atoms with Crippen LogP contribution in [0.1, 0.15) is 11.3 Å². The summed E-state index contributed by atoms with van der Waals surface area (Å²) in [6.07, 6.45) is 0.302. The third-order valence-corrected chi connectivity index (χ3v) is 6.08. The number of thiazole rings is 1. The monoisotopic (exact) mass is 351 g/mol. The third-order valence-electron chi connectivity index (χ3n) is 2.54. The van der Waals surface area contributed by atoms with E-state index < -0.39 is 9.84 Å². The molecule has 108 valence electrons. The number of aliphatic hydroxyl groups excluding tert-OH is 1. The Kier molecular flexibility index (Phi) is 5.04. The molecule has 1 N–H and O–H groups in total. The second-order valence-electron chi connectivity index (χ2n) is 4.11. The van der Waals surface area contributed by atoms with Gasteiger partial charge < -0.3 is 5.11 Å². The standard InChI is InChI=1S/C12H11Cl2NO3S2/c13-9-3-8(4-10(14)5-9)1-2-20(17,18)12-15-11(6-16)7-19-12/h3-5,7,16H,1-2,6H2. The largest absolute Gasteiger partial charge is 0.390 e. The minimum atomic E-state index is -3.46. The first-order valence-corrected chi connectivity index (χ1v) is 8.92. The number of rotatable bonds is 5. The Bertz CT molecular complexity index is 693. The normalized spacial score (nSPS) is 11.8. The summed E-state index contributed by atoms with van der Waals surface area (Å²) in [6.45, 7) is -0.268. The van der Waals surface area contributed by atoms with Crippen LogP contribution in [-0.4, -0.2) is 24.3 Å². The zero-order chi connectivity index (χ0) is 14.8. The summed E-state index contributed by atoms with van der Waals surface area (Å²) in [4.78, 5) is 3.88. The average Bonchev–Trinajstić information content (AvgIpc) is 2.85. The van der Waals surface area contributed by atoms with Crippen LogP contribution in [0.4, 0.5) is 0 Å². The van der Waals surface area contributed by atoms with E-state index in [1.165, 1.54) is 5.38 Å². The Morgan fingerprint density at radius 1 is 1.20 bits per heavy atom. The molecule has 2 aromatic rings. The zero-order valence-corrected chi connectivity index (χ0v) is 13.4. The lowest BCUT2D eigenvalue weighted by Gasteiger charge is -2.03. The van der Waals surface area contributed by atoms with Crippen molar-refractivity contribution < 1.29 is 13.5 Å². The Labute approximate surface area is 130 Å². The van der Waals surface area contributed by atoms with E-state index in [-0.39, 0.29) is 16.7 Å². The SMILES string of the molecule is O=S(=O)(CCc1cc(Cl)cc(Cl)c1)c1nc(CO)cs1. The van der Waals surface area contributed by atoms with Crippen LogP contribution >= 0.6 is 34.5 Å². The fourth-order valence-electron chi connectivity index (χ4n) is 1.60. The van der Waals surface area contributed by atoms with Gasteiger partial charge in [-0.15, -0.1) is 11.3 Å². The van der Waals surface area contributed by atoms with Crippen molar-refractivity contribution in [2.75, 3.05) is 5.75 Å². The number of benzene rings is 1. The number of aliphatic hydroxyl groups is 1. The number of hydrogen-bond donors (Lipinski definition) is 1. The first kappa shape index (κ1) is 15.7. The van der Waals surface area contributed by atoms with Crippen LogP contribution in [0.3, 0.4) is 0 Å². The minimum absolute atomic E-state index is 0.0228. The first-order valence-electron chi connectivity index (χ1n) is 5.64. The number of halogens is 2. The molecule has 0 radical (unpaired) electrons. The minimum Gasteiger partial charge on any atom is -0.390 e. The topological polar surface area (TPSA) is 67.3 Å². The molecule has 0 aliphatic carbocycles. The second kappa shape index (κ2) is 6.41. The van der Waals surface area contributed by atoms with E-state index in [1.54, 1.807) is 18.2 Å². The smallest absolute Gasteiger partial charge is 0.209 e. The molecular weight excluding hydrogens is 341 g/mol. The van der Waals surface area contributed by atoms with Gasteiger partial charge in [-0.1, -0.05) is 23.2 Å². The van der Waals surface area contributed by atoms with E-state index in [1.807, 2.05) is 0 Å². The molecule has 8 heteroatoms. The molecule has 0 saturated heterocycles. The summed E-state index contributed by atoms with van der Waals surface area (Å²) in [5.41, 5.74) is 1.12. The van der Waals surface area contributed by atoms with Crippen molar-refractivity contribution in [3.63, 3.8) is 0 Å². The van der Waals surface area contributed by atoms with E-state index in [0.717, 1.165) is 16.9 Å². The van der Waals surface area contributed by atoms with Crippen LogP contribution in [0.5, 0.6) is 0 Å². The van der Waals surface area contributed by atoms with Gasteiger partial charge >= 0.3 is 0 Å². The molecule has 0 fully saturated rings. The Morgan fingerprint density at radius 2 is 1.85 bits per heavy atom. The van der Waals surface area contributed by atoms with Gasteiger partial charge in [0.05, 0.1) is 18.1 Å². The Balaban J connectivity index is 2.12. The maximum Gasteiger partial charge on any atom is 0.209 e. The van der Waals surface area contributed by atoms with Crippen molar-refractivity contribution in [2.24, 2.45) is 0 Å². The molecule has 0 bridgehead atoms. The summed E-state index contributed by atoms with van der Waals surface area (Å²) in [7, 11) is -3.46. The van der Waals surface area contributed by atoms with Crippen molar-refractivity contribution in [2.45, 2.75) is 17.4 Å². The van der Waals surface area contributed by atoms with Crippen LogP contribution in [0.15, 0.2) is 27.9 Å². The predicted molar refractivity (Wildman–Crippen MR) is 80.3 cm³/mol. The molecule has 0 aliphatic rings. The van der Waals surface area contributed by atoms with E-state index in [0.29, 0.717) is 22.2 Å². The summed E-state index contributed by atoms with van der Waals surface area (Å²) in [6, 6.07) is 4.96. The highest BCUT2D eigenvalue weighted by Crippen LogP contribution is 2.22. The van der Waals surface area contributed by atoms with Crippen LogP contribution in [0.2, 0.25) is 10.0 Å². The van der Waals surface area contributed by atoms with E-state index in [9.17, 15) is 8.42 Å². The Morgan fingerprint density at radius 3 is 2.40 bits per heavy atom. The van der Waals surface area contributed by atoms with Gasteiger partial charge in [0, 0.05) is 15.4 Å². The van der Waals surface area contributed by atoms with Crippen LogP contribution in [0, 0.1) is 0 Å². The van der Waals surface area contributed by atoms with Crippen molar-refractivity contribution in [3.8, 4) is 0 Å². The maximum atomic E-state index is 12.1. The predicted octanol–water partition coefficient (Wildman–Crippen LogP) is 2.96. The highest BCUT2D eigenvalue weighted by atomic mass is 35.5. The molecule has 0 saturated carbocycles. The van der Waals surface area contributed by atoms with E-state index in [4.69, 9.17) is 28.3 Å². The van der Waals surface area contributed by atoms with Crippen LogP contribution < -0.4 is 0 Å². The molecule has 0 atom stereocenters. The van der Waals surface area contributed by atoms with Crippen molar-refractivity contribution >= 4 is 44.4 Å². The fourth-order valence-corrected chi connectivity index (χ4v) is 4.62. The van der Waals surface area contributed by atoms with Gasteiger partial charge in [-0.25, -0.2) is 13.4 Å². The van der Waals surface area contributed by atoms with Crippen molar-refractivity contribution in [1.82, 2.24) is 4.98 Å². The molecule has 0 aliphatic heterocycles. The Hall–Kier alpha value is -0.660. The number of nitrogens with zero attached hydrogens (tertiary/aromatic N) is 1. The average molecular weight is 352 g/mol. The zero-order valence-electron chi connectivity index (χ0n) is 10.2. The number of aryl methyl sites for hydroxylation is 1. The number of aromatic nitrogens is 1. The van der Waals surface area contributed by atoms with Gasteiger partial charge in [0.2, 0.25) is 14.2 Å². The lowest BCUT2D eigenvalue weighted by atomic mass is 10.2. The lowest BCUT2D eigenvalue weighted by molar-refractivity contribution is 0.277. The van der Waals surface area contributed by atoms with E-state index in [2.05, 4.69) is 4.98 Å². The van der Waals surface area contributed by atoms with Gasteiger partial charge in [-0.05, 0) is 30.2 Å². The molecule has 4 nitrogen and oxygen atoms in total. The van der Waals surface area contributed by atoms with Gasteiger partial charge in [-0.2, -0.15) is 0 Å². The van der Waals surface area contributed by atoms with Gasteiger partial charge in [0.15, 0.2) is 0 Å². The van der Waals surface area contributed by atoms with Crippen LogP contribution in [-0.2, 0) is 22.9 Å². The summed E-state index contributed by atoms with van der Waals surface area (Å²) in [5, 5.41) is 11.4. The van der Waals surface area contributed by atoms with Crippen molar-refractivity contribution in [1.29, 1.82) is 0 Å². The molecular formula is C12H11Cl2NO3S2. The number of sulfone groups is 1. The summed E-state index contributed by atoms with van der Waals surface area (Å²) >= 11 is 12.7. The number of hydrogen-bond acceptors (Lipinski definition) is 5. The van der Waals surface area contributed by atoms with Gasteiger partial charge in [0.25, 0.3) is 0 Å². The fraction of sp³-hybridized carbons (Fsp3) is 0.250. The second-order valence-corrected chi connectivity index (χ2v) is 8.12. The lowest BCUT2D eigenvalue weighted by Crippen LogP contribution is -2.09. The first-order chi connectivity index (χ1) is 9.40. The maximum absolute atomic E-state index is 12.1.